The van der Waals surface area contributed by atoms with E-state index in [0.29, 0.717) is 0 Å². The molecule has 0 spiro atoms. The van der Waals surface area contributed by atoms with Crippen LogP contribution >= 0.6 is 0 Å². The van der Waals surface area contributed by atoms with E-state index in [1.165, 1.54) is 225 Å². The van der Waals surface area contributed by atoms with Crippen LogP contribution in [0.25, 0.3) is 0 Å². The van der Waals surface area contributed by atoms with Crippen LogP contribution in [-0.4, -0.2) is 72.5 Å². The Morgan fingerprint density at radius 1 is 0.327 bits per heavy atom. The Bertz CT molecular complexity index is 747. The van der Waals surface area contributed by atoms with Crippen molar-refractivity contribution < 1.29 is 16.8 Å². The predicted octanol–water partition coefficient (Wildman–Crippen LogP) is 16.0. The van der Waals surface area contributed by atoms with E-state index in [-0.39, 0.29) is 64.1 Å². The molecule has 1 atom stereocenters. The maximum atomic E-state index is 12.8. The molecule has 0 aromatic heterocycles. The molecule has 0 aliphatic carbocycles. The van der Waals surface area contributed by atoms with E-state index in [2.05, 4.69) is 20.8 Å². The van der Waals surface area contributed by atoms with Crippen molar-refractivity contribution in [2.75, 3.05) is 6.61 Å². The summed E-state index contributed by atoms with van der Waals surface area (Å²) < 4.78 is 36.6. The average Bonchev–Trinajstić information content (AvgIpc) is 3.12. The molecule has 0 N–H and O–H groups in total. The zero-order valence-corrected chi connectivity index (χ0v) is 36.1. The average molecular weight is 783 g/mol. The monoisotopic (exact) mass is 783 g/mol. The molecule has 0 amide bonds. The Balaban J connectivity index is 0. The van der Waals surface area contributed by atoms with E-state index in [4.69, 9.17) is 8.37 Å². The predicted molar refractivity (Wildman–Crippen MR) is 233 cm³/mol. The second kappa shape index (κ2) is 46.9. The standard InChI is InChI=1S/C46H94O4S.K.H/c1-4-7-10-13-16-19-22-24-26-28-30-32-35-38-41-44-46(43-40-37-34-31-29-27-25-23-20-17-14-11-8-5-2)50-51(47,48)49-45-42-39-36-33-21-18-15-12-9-6-3;;/h46H,4-45H2,1-3H3;;. The van der Waals surface area contributed by atoms with Crippen LogP contribution in [0.5, 0.6) is 0 Å². The van der Waals surface area contributed by atoms with Crippen molar-refractivity contribution >= 4 is 61.8 Å². The van der Waals surface area contributed by atoms with Crippen LogP contribution in [0.4, 0.5) is 0 Å². The Labute approximate surface area is 371 Å². The van der Waals surface area contributed by atoms with E-state index < -0.39 is 10.4 Å². The SMILES string of the molecule is CCCCCCCCCCCCCCCCCC(CCCCCCCCCCCCCCCC)OS(=O)(=O)OCCCCCCCCCCCC.[KH]. The molecule has 0 fully saturated rings. The van der Waals surface area contributed by atoms with E-state index >= 15 is 0 Å². The first-order valence-electron chi connectivity index (χ1n) is 23.6. The molecule has 0 aromatic rings. The third-order valence-electron chi connectivity index (χ3n) is 11.0. The summed E-state index contributed by atoms with van der Waals surface area (Å²) in [6.45, 7) is 7.09. The van der Waals surface area contributed by atoms with Crippen LogP contribution in [-0.2, 0) is 18.8 Å². The summed E-state index contributed by atoms with van der Waals surface area (Å²) in [5.41, 5.74) is 0. The molecule has 0 saturated heterocycles. The second-order valence-corrected chi connectivity index (χ2v) is 17.5. The zero-order chi connectivity index (χ0) is 37.2. The van der Waals surface area contributed by atoms with Crippen molar-refractivity contribution in [1.29, 1.82) is 0 Å². The van der Waals surface area contributed by atoms with Gasteiger partial charge in [-0.15, -0.1) is 0 Å². The van der Waals surface area contributed by atoms with Gasteiger partial charge in [-0.3, -0.25) is 0 Å². The fourth-order valence-electron chi connectivity index (χ4n) is 7.50. The molecule has 0 aromatic carbocycles. The first-order chi connectivity index (χ1) is 25.1. The van der Waals surface area contributed by atoms with Gasteiger partial charge in [0.1, 0.15) is 0 Å². The molecule has 6 heteroatoms. The Morgan fingerprint density at radius 3 is 0.788 bits per heavy atom. The maximum absolute atomic E-state index is 12.8. The summed E-state index contributed by atoms with van der Waals surface area (Å²) in [5, 5.41) is 0. The normalized spacial score (nSPS) is 12.4. The quantitative estimate of drug-likeness (QED) is 0.0456. The fraction of sp³-hybridized carbons (Fsp3) is 1.00. The van der Waals surface area contributed by atoms with E-state index in [1.54, 1.807) is 0 Å². The summed E-state index contributed by atoms with van der Waals surface area (Å²) in [6.07, 6.45) is 52.5. The van der Waals surface area contributed by atoms with Crippen LogP contribution in [0.1, 0.15) is 284 Å². The van der Waals surface area contributed by atoms with Gasteiger partial charge in [-0.05, 0) is 19.3 Å². The topological polar surface area (TPSA) is 52.6 Å². The summed E-state index contributed by atoms with van der Waals surface area (Å²) >= 11 is 0. The van der Waals surface area contributed by atoms with Gasteiger partial charge in [0.2, 0.25) is 0 Å². The van der Waals surface area contributed by atoms with Gasteiger partial charge in [0.05, 0.1) is 12.7 Å². The van der Waals surface area contributed by atoms with Crippen LogP contribution in [0.15, 0.2) is 0 Å². The first-order valence-corrected chi connectivity index (χ1v) is 25.0. The minimum absolute atomic E-state index is 0. The molecule has 0 saturated carbocycles. The number of unbranched alkanes of at least 4 members (excludes halogenated alkanes) is 36. The molecular formula is C46H95KO4S. The van der Waals surface area contributed by atoms with Gasteiger partial charge < -0.3 is 0 Å². The molecule has 0 aliphatic heterocycles. The zero-order valence-electron chi connectivity index (χ0n) is 35.3. The third kappa shape index (κ3) is 45.9. The van der Waals surface area contributed by atoms with Gasteiger partial charge in [0.15, 0.2) is 0 Å². The Kier molecular flexibility index (Phi) is 50.1. The third-order valence-corrected chi connectivity index (χ3v) is 12.0. The Morgan fingerprint density at radius 2 is 0.538 bits per heavy atom. The fourth-order valence-corrected chi connectivity index (χ4v) is 8.40. The molecule has 0 heterocycles. The van der Waals surface area contributed by atoms with Crippen LogP contribution < -0.4 is 0 Å². The van der Waals surface area contributed by atoms with E-state index in [1.807, 2.05) is 0 Å². The van der Waals surface area contributed by atoms with Crippen LogP contribution in [0.2, 0.25) is 0 Å². The molecule has 4 nitrogen and oxygen atoms in total. The van der Waals surface area contributed by atoms with Gasteiger partial charge >= 0.3 is 61.8 Å². The van der Waals surface area contributed by atoms with Crippen LogP contribution in [0, 0.1) is 0 Å². The molecule has 0 aliphatic rings. The van der Waals surface area contributed by atoms with Crippen LogP contribution in [0.3, 0.4) is 0 Å². The molecule has 0 radical (unpaired) electrons. The van der Waals surface area contributed by atoms with E-state index in [9.17, 15) is 8.42 Å². The summed E-state index contributed by atoms with van der Waals surface area (Å²) in [4.78, 5) is 0. The molecule has 0 bridgehead atoms. The first kappa shape index (κ1) is 55.6. The molecular weight excluding hydrogens is 688 g/mol. The summed E-state index contributed by atoms with van der Waals surface area (Å²) in [6, 6.07) is 0. The van der Waals surface area contributed by atoms with Gasteiger partial charge in [-0.25, -0.2) is 8.37 Å². The van der Waals surface area contributed by atoms with Crippen molar-refractivity contribution in [2.24, 2.45) is 0 Å². The molecule has 310 valence electrons. The Hall–Kier alpha value is 1.51. The number of hydrogen-bond donors (Lipinski definition) is 0. The van der Waals surface area contributed by atoms with Gasteiger partial charge in [0.25, 0.3) is 0 Å². The second-order valence-electron chi connectivity index (χ2n) is 16.3. The molecule has 52 heavy (non-hydrogen) atoms. The van der Waals surface area contributed by atoms with Crippen molar-refractivity contribution in [1.82, 2.24) is 0 Å². The van der Waals surface area contributed by atoms with Crippen molar-refractivity contribution in [3.8, 4) is 0 Å². The minimum atomic E-state index is -3.93. The summed E-state index contributed by atoms with van der Waals surface area (Å²) in [7, 11) is -3.93. The molecule has 0 rings (SSSR count). The number of rotatable bonds is 45. The van der Waals surface area contributed by atoms with Crippen molar-refractivity contribution in [2.45, 2.75) is 290 Å². The van der Waals surface area contributed by atoms with Gasteiger partial charge in [-0.1, -0.05) is 265 Å². The van der Waals surface area contributed by atoms with Gasteiger partial charge in [-0.2, -0.15) is 8.42 Å². The van der Waals surface area contributed by atoms with Gasteiger partial charge in [0, 0.05) is 0 Å². The van der Waals surface area contributed by atoms with Crippen molar-refractivity contribution in [3.63, 3.8) is 0 Å². The number of hydrogen-bond acceptors (Lipinski definition) is 4. The summed E-state index contributed by atoms with van der Waals surface area (Å²) in [5.74, 6) is 0. The molecule has 1 unspecified atom stereocenters. The van der Waals surface area contributed by atoms with E-state index in [0.717, 1.165) is 38.5 Å². The van der Waals surface area contributed by atoms with Crippen molar-refractivity contribution in [3.05, 3.63) is 0 Å².